The average molecular weight is 406 g/mol. The van der Waals surface area contributed by atoms with Crippen molar-refractivity contribution >= 4 is 11.8 Å². The van der Waals surface area contributed by atoms with E-state index in [0.29, 0.717) is 19.4 Å². The topological polar surface area (TPSA) is 62.3 Å². The minimum Gasteiger partial charge on any atom is -0.351 e. The third-order valence-corrected chi connectivity index (χ3v) is 6.17. The third kappa shape index (κ3) is 4.40. The SMILES string of the molecule is CC(C)CC(=O)N1CCCC1(Cc1ccc(-c2ccncc2)cc1)C(=O)NC1CC1. The summed E-state index contributed by atoms with van der Waals surface area (Å²) in [4.78, 5) is 32.4. The van der Waals surface area contributed by atoms with Crippen LogP contribution in [0.15, 0.2) is 48.8 Å². The van der Waals surface area contributed by atoms with E-state index in [1.54, 1.807) is 12.4 Å². The molecule has 2 amide bonds. The smallest absolute Gasteiger partial charge is 0.246 e. The maximum absolute atomic E-state index is 13.4. The fraction of sp³-hybridized carbons (Fsp3) is 0.480. The van der Waals surface area contributed by atoms with Gasteiger partial charge in [-0.3, -0.25) is 14.6 Å². The zero-order chi connectivity index (χ0) is 21.1. The van der Waals surface area contributed by atoms with E-state index in [2.05, 4.69) is 48.4 Å². The number of nitrogens with zero attached hydrogens (tertiary/aromatic N) is 2. The van der Waals surface area contributed by atoms with Crippen LogP contribution in [0.5, 0.6) is 0 Å². The van der Waals surface area contributed by atoms with E-state index in [1.165, 1.54) is 0 Å². The van der Waals surface area contributed by atoms with E-state index in [1.807, 2.05) is 17.0 Å². The molecule has 1 saturated heterocycles. The first kappa shape index (κ1) is 20.6. The molecule has 4 rings (SSSR count). The number of hydrogen-bond donors (Lipinski definition) is 1. The number of rotatable bonds is 7. The van der Waals surface area contributed by atoms with Gasteiger partial charge in [0.1, 0.15) is 5.54 Å². The van der Waals surface area contributed by atoms with Crippen molar-refractivity contribution in [2.75, 3.05) is 6.54 Å². The summed E-state index contributed by atoms with van der Waals surface area (Å²) in [6.45, 7) is 4.77. The second-order valence-corrected chi connectivity index (χ2v) is 9.14. The van der Waals surface area contributed by atoms with Gasteiger partial charge in [-0.05, 0) is 60.4 Å². The van der Waals surface area contributed by atoms with Crippen LogP contribution >= 0.6 is 0 Å². The standard InChI is InChI=1S/C25H31N3O2/c1-18(2)16-23(29)28-15-3-12-25(28,24(30)27-22-8-9-22)17-19-4-6-20(7-5-19)21-10-13-26-14-11-21/h4-7,10-11,13-14,18,22H,3,8-9,12,15-17H2,1-2H3,(H,27,30). The highest BCUT2D eigenvalue weighted by atomic mass is 16.2. The molecule has 5 heteroatoms. The Morgan fingerprint density at radius 1 is 1.10 bits per heavy atom. The predicted octanol–water partition coefficient (Wildman–Crippen LogP) is 3.98. The van der Waals surface area contributed by atoms with Gasteiger partial charge in [0.05, 0.1) is 0 Å². The van der Waals surface area contributed by atoms with Crippen LogP contribution in [-0.2, 0) is 16.0 Å². The van der Waals surface area contributed by atoms with Gasteiger partial charge in [0.2, 0.25) is 11.8 Å². The van der Waals surface area contributed by atoms with Crippen molar-refractivity contribution in [3.05, 3.63) is 54.4 Å². The maximum Gasteiger partial charge on any atom is 0.246 e. The molecule has 1 saturated carbocycles. The lowest BCUT2D eigenvalue weighted by atomic mass is 9.86. The third-order valence-electron chi connectivity index (χ3n) is 6.17. The molecule has 2 aliphatic rings. The Labute approximate surface area is 178 Å². The summed E-state index contributed by atoms with van der Waals surface area (Å²) >= 11 is 0. The number of carbonyl (C=O) groups excluding carboxylic acids is 2. The van der Waals surface area contributed by atoms with Crippen LogP contribution in [0.2, 0.25) is 0 Å². The van der Waals surface area contributed by atoms with Crippen molar-refractivity contribution in [1.82, 2.24) is 15.2 Å². The summed E-state index contributed by atoms with van der Waals surface area (Å²) in [5, 5.41) is 3.19. The van der Waals surface area contributed by atoms with E-state index in [-0.39, 0.29) is 23.8 Å². The quantitative estimate of drug-likeness (QED) is 0.758. The molecular weight excluding hydrogens is 374 g/mol. The Hall–Kier alpha value is -2.69. The van der Waals surface area contributed by atoms with E-state index < -0.39 is 5.54 Å². The van der Waals surface area contributed by atoms with Crippen molar-refractivity contribution < 1.29 is 9.59 Å². The maximum atomic E-state index is 13.4. The van der Waals surface area contributed by atoms with Crippen molar-refractivity contribution in [1.29, 1.82) is 0 Å². The largest absolute Gasteiger partial charge is 0.351 e. The van der Waals surface area contributed by atoms with Gasteiger partial charge >= 0.3 is 0 Å². The fourth-order valence-electron chi connectivity index (χ4n) is 4.45. The van der Waals surface area contributed by atoms with Gasteiger partial charge in [-0.2, -0.15) is 0 Å². The highest BCUT2D eigenvalue weighted by Crippen LogP contribution is 2.36. The Morgan fingerprint density at radius 2 is 1.77 bits per heavy atom. The van der Waals surface area contributed by atoms with E-state index in [9.17, 15) is 9.59 Å². The van der Waals surface area contributed by atoms with Gasteiger partial charge in [0.15, 0.2) is 0 Å². The molecule has 1 aliphatic carbocycles. The molecule has 1 N–H and O–H groups in total. The van der Waals surface area contributed by atoms with E-state index in [0.717, 1.165) is 42.4 Å². The molecule has 0 radical (unpaired) electrons. The first-order valence-corrected chi connectivity index (χ1v) is 11.1. The van der Waals surface area contributed by atoms with Gasteiger partial charge in [-0.15, -0.1) is 0 Å². The first-order valence-electron chi connectivity index (χ1n) is 11.1. The monoisotopic (exact) mass is 405 g/mol. The molecule has 2 aromatic rings. The summed E-state index contributed by atoms with van der Waals surface area (Å²) < 4.78 is 0. The van der Waals surface area contributed by atoms with Crippen LogP contribution in [0.1, 0.15) is 51.5 Å². The molecule has 1 aliphatic heterocycles. The first-order chi connectivity index (χ1) is 14.5. The number of hydrogen-bond acceptors (Lipinski definition) is 3. The molecule has 1 aromatic heterocycles. The Kier molecular flexibility index (Phi) is 5.89. The molecule has 5 nitrogen and oxygen atoms in total. The molecular formula is C25H31N3O2. The highest BCUT2D eigenvalue weighted by Gasteiger charge is 2.50. The normalized spacial score (nSPS) is 21.1. The molecule has 0 spiro atoms. The average Bonchev–Trinajstić information content (AvgIpc) is 3.45. The van der Waals surface area contributed by atoms with Gasteiger partial charge in [-0.25, -0.2) is 0 Å². The van der Waals surface area contributed by atoms with Gasteiger partial charge < -0.3 is 10.2 Å². The fourth-order valence-corrected chi connectivity index (χ4v) is 4.45. The molecule has 2 fully saturated rings. The summed E-state index contributed by atoms with van der Waals surface area (Å²) in [6, 6.07) is 12.6. The lowest BCUT2D eigenvalue weighted by Gasteiger charge is -2.38. The van der Waals surface area contributed by atoms with Crippen LogP contribution in [0.3, 0.4) is 0 Å². The minimum atomic E-state index is -0.771. The highest BCUT2D eigenvalue weighted by molar-refractivity contribution is 5.93. The Balaban J connectivity index is 1.59. The second kappa shape index (κ2) is 8.58. The summed E-state index contributed by atoms with van der Waals surface area (Å²) in [5.41, 5.74) is 2.55. The summed E-state index contributed by atoms with van der Waals surface area (Å²) in [7, 11) is 0. The lowest BCUT2D eigenvalue weighted by molar-refractivity contribution is -0.145. The Morgan fingerprint density at radius 3 is 2.40 bits per heavy atom. The van der Waals surface area contributed by atoms with E-state index in [4.69, 9.17) is 0 Å². The molecule has 1 atom stereocenters. The molecule has 30 heavy (non-hydrogen) atoms. The molecule has 0 bridgehead atoms. The second-order valence-electron chi connectivity index (χ2n) is 9.14. The summed E-state index contributed by atoms with van der Waals surface area (Å²) in [5.74, 6) is 0.404. The number of likely N-dealkylation sites (tertiary alicyclic amines) is 1. The zero-order valence-corrected chi connectivity index (χ0v) is 17.9. The van der Waals surface area contributed by atoms with Crippen LogP contribution in [0.4, 0.5) is 0 Å². The van der Waals surface area contributed by atoms with E-state index >= 15 is 0 Å². The van der Waals surface area contributed by atoms with Crippen LogP contribution in [0.25, 0.3) is 11.1 Å². The van der Waals surface area contributed by atoms with Gasteiger partial charge in [-0.1, -0.05) is 38.1 Å². The number of amides is 2. The van der Waals surface area contributed by atoms with Crippen LogP contribution < -0.4 is 5.32 Å². The van der Waals surface area contributed by atoms with Crippen LogP contribution in [-0.4, -0.2) is 39.8 Å². The lowest BCUT2D eigenvalue weighted by Crippen LogP contribution is -2.59. The van der Waals surface area contributed by atoms with Crippen molar-refractivity contribution in [3.63, 3.8) is 0 Å². The zero-order valence-electron chi connectivity index (χ0n) is 17.9. The van der Waals surface area contributed by atoms with Crippen molar-refractivity contribution in [2.45, 2.75) is 64.0 Å². The number of nitrogens with one attached hydrogen (secondary N) is 1. The van der Waals surface area contributed by atoms with Gasteiger partial charge in [0, 0.05) is 37.8 Å². The minimum absolute atomic E-state index is 0.0258. The predicted molar refractivity (Wildman–Crippen MR) is 118 cm³/mol. The molecule has 1 unspecified atom stereocenters. The number of pyridine rings is 1. The number of carbonyl (C=O) groups is 2. The molecule has 2 heterocycles. The number of benzene rings is 1. The van der Waals surface area contributed by atoms with Crippen molar-refractivity contribution in [3.8, 4) is 11.1 Å². The van der Waals surface area contributed by atoms with Crippen molar-refractivity contribution in [2.24, 2.45) is 5.92 Å². The Bertz CT molecular complexity index is 890. The van der Waals surface area contributed by atoms with Crippen LogP contribution in [0, 0.1) is 5.92 Å². The van der Waals surface area contributed by atoms with Gasteiger partial charge in [0.25, 0.3) is 0 Å². The summed E-state index contributed by atoms with van der Waals surface area (Å²) in [6.07, 6.45) is 8.31. The molecule has 1 aromatic carbocycles. The molecule has 158 valence electrons. The number of aromatic nitrogens is 1.